The molecule has 2 aromatic rings. The SMILES string of the molecule is Fc1ccc(F)c(NCc2ccnn2C2CCCC2)c1. The molecule has 5 heteroatoms. The molecule has 106 valence electrons. The fourth-order valence-corrected chi connectivity index (χ4v) is 2.78. The van der Waals surface area contributed by atoms with E-state index in [-0.39, 0.29) is 5.69 Å². The predicted octanol–water partition coefficient (Wildman–Crippen LogP) is 3.89. The molecule has 3 nitrogen and oxygen atoms in total. The maximum Gasteiger partial charge on any atom is 0.146 e. The topological polar surface area (TPSA) is 29.9 Å². The zero-order chi connectivity index (χ0) is 13.9. The Morgan fingerprint density at radius 1 is 1.20 bits per heavy atom. The summed E-state index contributed by atoms with van der Waals surface area (Å²) in [4.78, 5) is 0. The molecule has 0 spiro atoms. The van der Waals surface area contributed by atoms with Gasteiger partial charge in [0, 0.05) is 6.20 Å². The Labute approximate surface area is 116 Å². The van der Waals surface area contributed by atoms with Crippen molar-refractivity contribution in [1.82, 2.24) is 9.78 Å². The Morgan fingerprint density at radius 2 is 2.00 bits per heavy atom. The zero-order valence-corrected chi connectivity index (χ0v) is 11.1. The molecule has 0 radical (unpaired) electrons. The Hall–Kier alpha value is -1.91. The highest BCUT2D eigenvalue weighted by molar-refractivity contribution is 5.45. The maximum absolute atomic E-state index is 13.5. The molecular formula is C15H17F2N3. The van der Waals surface area contributed by atoms with Crippen LogP contribution in [-0.4, -0.2) is 9.78 Å². The molecule has 0 saturated heterocycles. The van der Waals surface area contributed by atoms with E-state index in [9.17, 15) is 8.78 Å². The average molecular weight is 277 g/mol. The van der Waals surface area contributed by atoms with Crippen molar-refractivity contribution in [2.75, 3.05) is 5.32 Å². The van der Waals surface area contributed by atoms with E-state index in [1.54, 1.807) is 6.20 Å². The molecule has 3 rings (SSSR count). The number of nitrogens with zero attached hydrogens (tertiary/aromatic N) is 2. The maximum atomic E-state index is 13.5. The molecule has 0 bridgehead atoms. The Kier molecular flexibility index (Phi) is 3.67. The lowest BCUT2D eigenvalue weighted by molar-refractivity contribution is 0.452. The number of nitrogens with one attached hydrogen (secondary N) is 1. The van der Waals surface area contributed by atoms with E-state index in [2.05, 4.69) is 10.4 Å². The molecule has 1 aliphatic rings. The second kappa shape index (κ2) is 5.61. The fraction of sp³-hybridized carbons (Fsp3) is 0.400. The highest BCUT2D eigenvalue weighted by Gasteiger charge is 2.19. The first kappa shape index (κ1) is 13.1. The third-order valence-electron chi connectivity index (χ3n) is 3.81. The first-order valence-electron chi connectivity index (χ1n) is 6.95. The fourth-order valence-electron chi connectivity index (χ4n) is 2.78. The summed E-state index contributed by atoms with van der Waals surface area (Å²) in [6.07, 6.45) is 6.51. The summed E-state index contributed by atoms with van der Waals surface area (Å²) in [5, 5.41) is 7.30. The number of rotatable bonds is 4. The molecule has 0 atom stereocenters. The summed E-state index contributed by atoms with van der Waals surface area (Å²) < 4.78 is 28.7. The molecule has 0 unspecified atom stereocenters. The minimum absolute atomic E-state index is 0.184. The van der Waals surface area contributed by atoms with Gasteiger partial charge in [-0.2, -0.15) is 5.10 Å². The van der Waals surface area contributed by atoms with Crippen LogP contribution in [0.1, 0.15) is 37.4 Å². The third-order valence-corrected chi connectivity index (χ3v) is 3.81. The molecule has 1 aromatic heterocycles. The lowest BCUT2D eigenvalue weighted by Gasteiger charge is -2.15. The normalized spacial score (nSPS) is 15.7. The van der Waals surface area contributed by atoms with Crippen molar-refractivity contribution in [3.63, 3.8) is 0 Å². The second-order valence-electron chi connectivity index (χ2n) is 5.18. The van der Waals surface area contributed by atoms with Crippen LogP contribution in [0.25, 0.3) is 0 Å². The van der Waals surface area contributed by atoms with Gasteiger partial charge in [-0.1, -0.05) is 12.8 Å². The summed E-state index contributed by atoms with van der Waals surface area (Å²) in [6.45, 7) is 0.441. The van der Waals surface area contributed by atoms with Crippen LogP contribution in [0.4, 0.5) is 14.5 Å². The van der Waals surface area contributed by atoms with Crippen LogP contribution in [0.15, 0.2) is 30.5 Å². The lowest BCUT2D eigenvalue weighted by Crippen LogP contribution is -2.13. The number of halogens is 2. The van der Waals surface area contributed by atoms with Crippen molar-refractivity contribution in [1.29, 1.82) is 0 Å². The first-order valence-corrected chi connectivity index (χ1v) is 6.95. The Balaban J connectivity index is 1.72. The Morgan fingerprint density at radius 3 is 2.80 bits per heavy atom. The average Bonchev–Trinajstić information content (AvgIpc) is 3.09. The van der Waals surface area contributed by atoms with Gasteiger partial charge in [0.2, 0.25) is 0 Å². The van der Waals surface area contributed by atoms with Gasteiger partial charge in [-0.25, -0.2) is 8.78 Å². The molecule has 0 aliphatic heterocycles. The van der Waals surface area contributed by atoms with Gasteiger partial charge in [0.25, 0.3) is 0 Å². The smallest absolute Gasteiger partial charge is 0.146 e. The first-order chi connectivity index (χ1) is 9.74. The van der Waals surface area contributed by atoms with Crippen LogP contribution in [0.3, 0.4) is 0 Å². The molecule has 20 heavy (non-hydrogen) atoms. The van der Waals surface area contributed by atoms with Crippen molar-refractivity contribution in [3.8, 4) is 0 Å². The molecule has 1 aliphatic carbocycles. The van der Waals surface area contributed by atoms with Gasteiger partial charge in [0.05, 0.1) is 24.0 Å². The van der Waals surface area contributed by atoms with E-state index < -0.39 is 11.6 Å². The number of benzene rings is 1. The van der Waals surface area contributed by atoms with Crippen molar-refractivity contribution < 1.29 is 8.78 Å². The monoisotopic (exact) mass is 277 g/mol. The lowest BCUT2D eigenvalue weighted by atomic mass is 10.2. The third kappa shape index (κ3) is 2.66. The predicted molar refractivity (Wildman–Crippen MR) is 73.4 cm³/mol. The van der Waals surface area contributed by atoms with Crippen molar-refractivity contribution in [2.24, 2.45) is 0 Å². The highest BCUT2D eigenvalue weighted by Crippen LogP contribution is 2.30. The van der Waals surface area contributed by atoms with Crippen LogP contribution in [-0.2, 0) is 6.54 Å². The second-order valence-corrected chi connectivity index (χ2v) is 5.18. The van der Waals surface area contributed by atoms with Gasteiger partial charge in [-0.15, -0.1) is 0 Å². The summed E-state index contributed by atoms with van der Waals surface area (Å²) in [5.41, 5.74) is 1.18. The molecule has 1 heterocycles. The number of hydrogen-bond donors (Lipinski definition) is 1. The van der Waals surface area contributed by atoms with Gasteiger partial charge >= 0.3 is 0 Å². The van der Waals surface area contributed by atoms with Gasteiger partial charge in [0.15, 0.2) is 0 Å². The van der Waals surface area contributed by atoms with E-state index >= 15 is 0 Å². The van der Waals surface area contributed by atoms with E-state index in [1.165, 1.54) is 18.9 Å². The molecule has 1 fully saturated rings. The molecule has 1 aromatic carbocycles. The quantitative estimate of drug-likeness (QED) is 0.919. The van der Waals surface area contributed by atoms with E-state index in [0.29, 0.717) is 12.6 Å². The van der Waals surface area contributed by atoms with Crippen LogP contribution in [0, 0.1) is 11.6 Å². The molecule has 0 amide bonds. The van der Waals surface area contributed by atoms with E-state index in [0.717, 1.165) is 30.7 Å². The molecule has 1 N–H and O–H groups in total. The van der Waals surface area contributed by atoms with Gasteiger partial charge < -0.3 is 5.32 Å². The van der Waals surface area contributed by atoms with Gasteiger partial charge in [-0.05, 0) is 37.1 Å². The standard InChI is InChI=1S/C15H17F2N3/c16-11-5-6-14(17)15(9-11)18-10-13-7-8-19-20(13)12-3-1-2-4-12/h5-9,12,18H,1-4,10H2. The number of aromatic nitrogens is 2. The summed E-state index contributed by atoms with van der Waals surface area (Å²) in [5.74, 6) is -0.892. The largest absolute Gasteiger partial charge is 0.377 e. The zero-order valence-electron chi connectivity index (χ0n) is 11.1. The minimum atomic E-state index is -0.446. The van der Waals surface area contributed by atoms with Crippen LogP contribution in [0.5, 0.6) is 0 Å². The highest BCUT2D eigenvalue weighted by atomic mass is 19.1. The number of hydrogen-bond acceptors (Lipinski definition) is 2. The summed E-state index contributed by atoms with van der Waals surface area (Å²) in [6, 6.07) is 5.78. The minimum Gasteiger partial charge on any atom is -0.377 e. The van der Waals surface area contributed by atoms with Crippen LogP contribution in [0.2, 0.25) is 0 Å². The van der Waals surface area contributed by atoms with Crippen molar-refractivity contribution in [2.45, 2.75) is 38.3 Å². The van der Waals surface area contributed by atoms with Gasteiger partial charge in [0.1, 0.15) is 11.6 Å². The van der Waals surface area contributed by atoms with Crippen LogP contribution < -0.4 is 5.32 Å². The van der Waals surface area contributed by atoms with Gasteiger partial charge in [-0.3, -0.25) is 4.68 Å². The summed E-state index contributed by atoms with van der Waals surface area (Å²) >= 11 is 0. The van der Waals surface area contributed by atoms with E-state index in [1.807, 2.05) is 10.7 Å². The summed E-state index contributed by atoms with van der Waals surface area (Å²) in [7, 11) is 0. The van der Waals surface area contributed by atoms with Crippen molar-refractivity contribution in [3.05, 3.63) is 47.8 Å². The Bertz CT molecular complexity index is 589. The van der Waals surface area contributed by atoms with Crippen LogP contribution >= 0.6 is 0 Å². The molecular weight excluding hydrogens is 260 g/mol. The van der Waals surface area contributed by atoms with E-state index in [4.69, 9.17) is 0 Å². The van der Waals surface area contributed by atoms with Crippen molar-refractivity contribution >= 4 is 5.69 Å². The number of anilines is 1. The molecule has 1 saturated carbocycles.